The number of hydrogen-bond donors (Lipinski definition) is 1. The van der Waals surface area contributed by atoms with Crippen molar-refractivity contribution in [3.63, 3.8) is 0 Å². The highest BCUT2D eigenvalue weighted by Gasteiger charge is 2.34. The SMILES string of the molecule is CC(C)C1CNC(C)(C)CN1c1cccc(Cl)c1. The third kappa shape index (κ3) is 2.99. The first kappa shape index (κ1) is 13.7. The van der Waals surface area contributed by atoms with Gasteiger partial charge in [-0.1, -0.05) is 31.5 Å². The van der Waals surface area contributed by atoms with E-state index >= 15 is 0 Å². The Balaban J connectivity index is 2.30. The van der Waals surface area contributed by atoms with E-state index in [0.717, 1.165) is 18.1 Å². The number of hydrogen-bond acceptors (Lipinski definition) is 2. The summed E-state index contributed by atoms with van der Waals surface area (Å²) in [6.45, 7) is 11.1. The van der Waals surface area contributed by atoms with E-state index in [2.05, 4.69) is 50.0 Å². The summed E-state index contributed by atoms with van der Waals surface area (Å²) in [6, 6.07) is 8.71. The largest absolute Gasteiger partial charge is 0.365 e. The lowest BCUT2D eigenvalue weighted by Crippen LogP contribution is -2.63. The van der Waals surface area contributed by atoms with Crippen molar-refractivity contribution >= 4 is 17.3 Å². The van der Waals surface area contributed by atoms with Gasteiger partial charge in [-0.3, -0.25) is 0 Å². The zero-order chi connectivity index (χ0) is 13.3. The molecule has 1 atom stereocenters. The molecule has 0 saturated carbocycles. The first-order valence-corrected chi connectivity index (χ1v) is 7.04. The summed E-state index contributed by atoms with van der Waals surface area (Å²) in [5, 5.41) is 4.44. The number of benzene rings is 1. The summed E-state index contributed by atoms with van der Waals surface area (Å²) in [5.41, 5.74) is 1.38. The summed E-state index contributed by atoms with van der Waals surface area (Å²) in [7, 11) is 0. The molecule has 0 aromatic heterocycles. The fraction of sp³-hybridized carbons (Fsp3) is 0.600. The maximum atomic E-state index is 6.12. The van der Waals surface area contributed by atoms with E-state index in [-0.39, 0.29) is 5.54 Å². The Morgan fingerprint density at radius 1 is 1.39 bits per heavy atom. The van der Waals surface area contributed by atoms with Crippen molar-refractivity contribution < 1.29 is 0 Å². The molecule has 1 N–H and O–H groups in total. The van der Waals surface area contributed by atoms with E-state index in [1.165, 1.54) is 5.69 Å². The molecule has 1 heterocycles. The van der Waals surface area contributed by atoms with E-state index < -0.39 is 0 Å². The summed E-state index contributed by atoms with van der Waals surface area (Å²) in [5.74, 6) is 0.618. The van der Waals surface area contributed by atoms with Crippen LogP contribution in [0.5, 0.6) is 0 Å². The Morgan fingerprint density at radius 2 is 2.11 bits per heavy atom. The van der Waals surface area contributed by atoms with Crippen LogP contribution in [-0.4, -0.2) is 24.7 Å². The van der Waals surface area contributed by atoms with E-state index in [0.29, 0.717) is 12.0 Å². The minimum absolute atomic E-state index is 0.147. The first-order chi connectivity index (χ1) is 8.39. The molecular formula is C15H23ClN2. The average Bonchev–Trinajstić information content (AvgIpc) is 2.27. The molecule has 1 unspecified atom stereocenters. The van der Waals surface area contributed by atoms with Gasteiger partial charge in [0.25, 0.3) is 0 Å². The van der Waals surface area contributed by atoms with Gasteiger partial charge in [0.05, 0.1) is 0 Å². The number of piperazine rings is 1. The quantitative estimate of drug-likeness (QED) is 0.881. The molecule has 1 fully saturated rings. The van der Waals surface area contributed by atoms with Crippen molar-refractivity contribution in [1.29, 1.82) is 0 Å². The fourth-order valence-electron chi connectivity index (χ4n) is 2.62. The van der Waals surface area contributed by atoms with E-state index in [1.807, 2.05) is 12.1 Å². The Labute approximate surface area is 115 Å². The van der Waals surface area contributed by atoms with Gasteiger partial charge in [0.2, 0.25) is 0 Å². The summed E-state index contributed by atoms with van der Waals surface area (Å²) >= 11 is 6.12. The van der Waals surface area contributed by atoms with Crippen molar-refractivity contribution in [2.24, 2.45) is 5.92 Å². The average molecular weight is 267 g/mol. The standard InChI is InChI=1S/C15H23ClN2/c1-11(2)14-9-17-15(3,4)10-18(14)13-7-5-6-12(16)8-13/h5-8,11,14,17H,9-10H2,1-4H3. The Hall–Kier alpha value is -0.730. The minimum atomic E-state index is 0.147. The second kappa shape index (κ2) is 5.10. The molecule has 1 aromatic rings. The molecule has 0 aliphatic carbocycles. The van der Waals surface area contributed by atoms with Crippen LogP contribution in [-0.2, 0) is 0 Å². The van der Waals surface area contributed by atoms with Crippen LogP contribution in [0.3, 0.4) is 0 Å². The van der Waals surface area contributed by atoms with Crippen molar-refractivity contribution in [3.05, 3.63) is 29.3 Å². The third-order valence-corrected chi connectivity index (χ3v) is 3.90. The molecule has 2 nitrogen and oxygen atoms in total. The molecule has 0 radical (unpaired) electrons. The van der Waals surface area contributed by atoms with Gasteiger partial charge in [0.15, 0.2) is 0 Å². The smallest absolute Gasteiger partial charge is 0.0438 e. The molecule has 1 saturated heterocycles. The van der Waals surface area contributed by atoms with Gasteiger partial charge in [0, 0.05) is 35.4 Å². The molecule has 2 rings (SSSR count). The Kier molecular flexibility index (Phi) is 3.88. The highest BCUT2D eigenvalue weighted by molar-refractivity contribution is 6.30. The Morgan fingerprint density at radius 3 is 2.72 bits per heavy atom. The molecule has 1 aliphatic heterocycles. The molecular weight excluding hydrogens is 244 g/mol. The second-order valence-corrected chi connectivity index (χ2v) is 6.62. The molecule has 1 aromatic carbocycles. The number of nitrogens with one attached hydrogen (secondary N) is 1. The predicted octanol–water partition coefficient (Wildman–Crippen LogP) is 3.55. The van der Waals surface area contributed by atoms with Crippen molar-refractivity contribution in [3.8, 4) is 0 Å². The second-order valence-electron chi connectivity index (χ2n) is 6.18. The lowest BCUT2D eigenvalue weighted by molar-refractivity contribution is 0.277. The van der Waals surface area contributed by atoms with Crippen LogP contribution in [0.15, 0.2) is 24.3 Å². The van der Waals surface area contributed by atoms with Crippen LogP contribution in [0.2, 0.25) is 5.02 Å². The van der Waals surface area contributed by atoms with Crippen LogP contribution in [0.25, 0.3) is 0 Å². The zero-order valence-corrected chi connectivity index (χ0v) is 12.5. The van der Waals surface area contributed by atoms with Crippen LogP contribution in [0, 0.1) is 5.92 Å². The van der Waals surface area contributed by atoms with Crippen molar-refractivity contribution in [2.75, 3.05) is 18.0 Å². The van der Waals surface area contributed by atoms with Crippen LogP contribution in [0.1, 0.15) is 27.7 Å². The lowest BCUT2D eigenvalue weighted by atomic mass is 9.92. The van der Waals surface area contributed by atoms with E-state index in [9.17, 15) is 0 Å². The normalized spacial score (nSPS) is 23.4. The maximum absolute atomic E-state index is 6.12. The van der Waals surface area contributed by atoms with Gasteiger partial charge >= 0.3 is 0 Å². The Bertz CT molecular complexity index is 415. The number of rotatable bonds is 2. The van der Waals surface area contributed by atoms with Gasteiger partial charge in [-0.2, -0.15) is 0 Å². The van der Waals surface area contributed by atoms with Crippen LogP contribution in [0.4, 0.5) is 5.69 Å². The summed E-state index contributed by atoms with van der Waals surface area (Å²) < 4.78 is 0. The zero-order valence-electron chi connectivity index (χ0n) is 11.7. The van der Waals surface area contributed by atoms with Gasteiger partial charge in [-0.05, 0) is 38.0 Å². The third-order valence-electron chi connectivity index (χ3n) is 3.67. The van der Waals surface area contributed by atoms with Gasteiger partial charge < -0.3 is 10.2 Å². The van der Waals surface area contributed by atoms with Crippen molar-refractivity contribution in [2.45, 2.75) is 39.3 Å². The first-order valence-electron chi connectivity index (χ1n) is 6.66. The molecule has 0 spiro atoms. The molecule has 18 heavy (non-hydrogen) atoms. The molecule has 3 heteroatoms. The van der Waals surface area contributed by atoms with E-state index in [1.54, 1.807) is 0 Å². The highest BCUT2D eigenvalue weighted by atomic mass is 35.5. The number of halogens is 1. The fourth-order valence-corrected chi connectivity index (χ4v) is 2.81. The van der Waals surface area contributed by atoms with Crippen LogP contribution < -0.4 is 10.2 Å². The topological polar surface area (TPSA) is 15.3 Å². The minimum Gasteiger partial charge on any atom is -0.365 e. The number of anilines is 1. The van der Waals surface area contributed by atoms with E-state index in [4.69, 9.17) is 11.6 Å². The number of nitrogens with zero attached hydrogens (tertiary/aromatic N) is 1. The monoisotopic (exact) mass is 266 g/mol. The van der Waals surface area contributed by atoms with Crippen LogP contribution >= 0.6 is 11.6 Å². The lowest BCUT2D eigenvalue weighted by Gasteiger charge is -2.47. The summed E-state index contributed by atoms with van der Waals surface area (Å²) in [6.07, 6.45) is 0. The molecule has 1 aliphatic rings. The molecule has 0 amide bonds. The maximum Gasteiger partial charge on any atom is 0.0438 e. The highest BCUT2D eigenvalue weighted by Crippen LogP contribution is 2.28. The van der Waals surface area contributed by atoms with Gasteiger partial charge in [-0.15, -0.1) is 0 Å². The molecule has 0 bridgehead atoms. The molecule has 100 valence electrons. The van der Waals surface area contributed by atoms with Gasteiger partial charge in [-0.25, -0.2) is 0 Å². The van der Waals surface area contributed by atoms with Gasteiger partial charge in [0.1, 0.15) is 0 Å². The van der Waals surface area contributed by atoms with Crippen molar-refractivity contribution in [1.82, 2.24) is 5.32 Å². The predicted molar refractivity (Wildman–Crippen MR) is 79.5 cm³/mol. The summed E-state index contributed by atoms with van der Waals surface area (Å²) in [4.78, 5) is 2.49.